The Bertz CT molecular complexity index is 1270. The van der Waals surface area contributed by atoms with Crippen LogP contribution in [0.2, 0.25) is 0 Å². The normalized spacial score (nSPS) is 16.2. The van der Waals surface area contributed by atoms with E-state index in [0.29, 0.717) is 24.9 Å². The van der Waals surface area contributed by atoms with Crippen molar-refractivity contribution in [3.8, 4) is 5.75 Å². The van der Waals surface area contributed by atoms with Crippen LogP contribution in [0.1, 0.15) is 65.7 Å². The number of rotatable bonds is 10. The molecule has 5 nitrogen and oxygen atoms in total. The summed E-state index contributed by atoms with van der Waals surface area (Å²) >= 11 is 0. The van der Waals surface area contributed by atoms with Gasteiger partial charge in [0.25, 0.3) is 5.91 Å². The van der Waals surface area contributed by atoms with Gasteiger partial charge in [-0.3, -0.25) is 4.79 Å². The lowest BCUT2D eigenvalue weighted by Crippen LogP contribution is -2.26. The molecule has 0 radical (unpaired) electrons. The Hall–Kier alpha value is -3.57. The van der Waals surface area contributed by atoms with Gasteiger partial charge in [-0.15, -0.1) is 0 Å². The van der Waals surface area contributed by atoms with Crippen molar-refractivity contribution in [1.82, 2.24) is 15.6 Å². The SMILES string of the molecule is CCCNC(=O)c1[nH]c2ccccc2c1C(c1ccccc1)c1ccc(OCCC2CCCN2)cc1. The summed E-state index contributed by atoms with van der Waals surface area (Å²) in [5.74, 6) is 0.717. The highest BCUT2D eigenvalue weighted by atomic mass is 16.5. The van der Waals surface area contributed by atoms with Crippen LogP contribution >= 0.6 is 0 Å². The van der Waals surface area contributed by atoms with Gasteiger partial charge in [-0.05, 0) is 61.6 Å². The summed E-state index contributed by atoms with van der Waals surface area (Å²) in [5, 5.41) is 7.66. The number of H-pyrrole nitrogens is 1. The van der Waals surface area contributed by atoms with Crippen molar-refractivity contribution in [3.63, 3.8) is 0 Å². The van der Waals surface area contributed by atoms with Crippen LogP contribution in [0.3, 0.4) is 0 Å². The third-order valence-electron chi connectivity index (χ3n) is 7.04. The first-order valence-electron chi connectivity index (χ1n) is 13.1. The van der Waals surface area contributed by atoms with Gasteiger partial charge in [0.05, 0.1) is 6.61 Å². The molecule has 1 saturated heterocycles. The molecule has 1 aliphatic rings. The predicted molar refractivity (Wildman–Crippen MR) is 146 cm³/mol. The molecule has 0 aliphatic carbocycles. The fourth-order valence-corrected chi connectivity index (χ4v) is 5.22. The first-order chi connectivity index (χ1) is 17.7. The quantitative estimate of drug-likeness (QED) is 0.260. The van der Waals surface area contributed by atoms with Crippen LogP contribution in [0.15, 0.2) is 78.9 Å². The van der Waals surface area contributed by atoms with E-state index >= 15 is 0 Å². The van der Waals surface area contributed by atoms with Gasteiger partial charge in [0.15, 0.2) is 0 Å². The number of benzene rings is 3. The van der Waals surface area contributed by atoms with E-state index in [1.807, 2.05) is 24.3 Å². The molecule has 186 valence electrons. The maximum Gasteiger partial charge on any atom is 0.268 e. The lowest BCUT2D eigenvalue weighted by atomic mass is 9.83. The zero-order valence-corrected chi connectivity index (χ0v) is 20.9. The van der Waals surface area contributed by atoms with Crippen molar-refractivity contribution in [1.29, 1.82) is 0 Å². The third-order valence-corrected chi connectivity index (χ3v) is 7.04. The summed E-state index contributed by atoms with van der Waals surface area (Å²) in [6.45, 7) is 4.54. The number of carbonyl (C=O) groups excluding carboxylic acids is 1. The fraction of sp³-hybridized carbons (Fsp3) is 0.323. The largest absolute Gasteiger partial charge is 0.494 e. The summed E-state index contributed by atoms with van der Waals surface area (Å²) in [4.78, 5) is 16.7. The zero-order valence-electron chi connectivity index (χ0n) is 20.9. The molecule has 0 saturated carbocycles. The van der Waals surface area contributed by atoms with E-state index in [0.717, 1.165) is 52.7 Å². The third kappa shape index (κ3) is 5.31. The second-order valence-corrected chi connectivity index (χ2v) is 9.56. The second kappa shape index (κ2) is 11.4. The van der Waals surface area contributed by atoms with Gasteiger partial charge in [0.1, 0.15) is 11.4 Å². The number of hydrogen-bond acceptors (Lipinski definition) is 3. The van der Waals surface area contributed by atoms with Gasteiger partial charge in [-0.1, -0.05) is 67.6 Å². The molecule has 2 unspecified atom stereocenters. The van der Waals surface area contributed by atoms with Crippen LogP contribution in [0, 0.1) is 0 Å². The molecular weight excluding hydrogens is 446 g/mol. The van der Waals surface area contributed by atoms with E-state index < -0.39 is 0 Å². The first kappa shape index (κ1) is 24.1. The first-order valence-corrected chi connectivity index (χ1v) is 13.1. The molecule has 1 aromatic heterocycles. The molecule has 2 heterocycles. The molecule has 1 fully saturated rings. The lowest BCUT2D eigenvalue weighted by Gasteiger charge is -2.20. The molecule has 5 heteroatoms. The van der Waals surface area contributed by atoms with Gasteiger partial charge >= 0.3 is 0 Å². The Morgan fingerprint density at radius 1 is 1.00 bits per heavy atom. The Labute approximate surface area is 213 Å². The molecule has 5 rings (SSSR count). The molecule has 4 aromatic rings. The minimum atomic E-state index is -0.0959. The van der Waals surface area contributed by atoms with Gasteiger partial charge in [0.2, 0.25) is 0 Å². The van der Waals surface area contributed by atoms with Crippen LogP contribution in [0.4, 0.5) is 0 Å². The highest BCUT2D eigenvalue weighted by molar-refractivity contribution is 6.02. The number of para-hydroxylation sites is 1. The number of hydrogen-bond donors (Lipinski definition) is 3. The average molecular weight is 482 g/mol. The second-order valence-electron chi connectivity index (χ2n) is 9.56. The number of ether oxygens (including phenoxy) is 1. The Balaban J connectivity index is 1.50. The monoisotopic (exact) mass is 481 g/mol. The maximum atomic E-state index is 13.3. The van der Waals surface area contributed by atoms with Crippen molar-refractivity contribution in [2.45, 2.75) is 44.6 Å². The van der Waals surface area contributed by atoms with Crippen LogP contribution in [-0.4, -0.2) is 36.6 Å². The average Bonchev–Trinajstić information content (AvgIpc) is 3.58. The number of aromatic amines is 1. The van der Waals surface area contributed by atoms with Crippen LogP contribution < -0.4 is 15.4 Å². The van der Waals surface area contributed by atoms with Crippen molar-refractivity contribution < 1.29 is 9.53 Å². The highest BCUT2D eigenvalue weighted by Gasteiger charge is 2.27. The van der Waals surface area contributed by atoms with Crippen molar-refractivity contribution >= 4 is 16.8 Å². The zero-order chi connectivity index (χ0) is 24.7. The fourth-order valence-electron chi connectivity index (χ4n) is 5.22. The van der Waals surface area contributed by atoms with Crippen LogP contribution in [0.5, 0.6) is 5.75 Å². The van der Waals surface area contributed by atoms with E-state index in [1.165, 1.54) is 12.8 Å². The topological polar surface area (TPSA) is 66.2 Å². The predicted octanol–water partition coefficient (Wildman–Crippen LogP) is 6.01. The van der Waals surface area contributed by atoms with Gasteiger partial charge in [0, 0.05) is 35.0 Å². The molecule has 3 aromatic carbocycles. The lowest BCUT2D eigenvalue weighted by molar-refractivity contribution is 0.0948. The molecule has 1 aliphatic heterocycles. The summed E-state index contributed by atoms with van der Waals surface area (Å²) in [5.41, 5.74) is 4.87. The summed E-state index contributed by atoms with van der Waals surface area (Å²) < 4.78 is 6.07. The van der Waals surface area contributed by atoms with E-state index in [4.69, 9.17) is 4.74 Å². The number of carbonyl (C=O) groups is 1. The number of nitrogens with one attached hydrogen (secondary N) is 3. The summed E-state index contributed by atoms with van der Waals surface area (Å²) in [7, 11) is 0. The Kier molecular flexibility index (Phi) is 7.67. The maximum absolute atomic E-state index is 13.3. The minimum Gasteiger partial charge on any atom is -0.494 e. The van der Waals surface area contributed by atoms with E-state index in [-0.39, 0.29) is 11.8 Å². The number of amides is 1. The highest BCUT2D eigenvalue weighted by Crippen LogP contribution is 2.39. The van der Waals surface area contributed by atoms with Crippen molar-refractivity contribution in [2.24, 2.45) is 0 Å². The van der Waals surface area contributed by atoms with Gasteiger partial charge < -0.3 is 20.4 Å². The molecule has 0 spiro atoms. The molecular formula is C31H35N3O2. The number of aromatic nitrogens is 1. The summed E-state index contributed by atoms with van der Waals surface area (Å²) in [6.07, 6.45) is 4.41. The molecule has 2 atom stereocenters. The van der Waals surface area contributed by atoms with E-state index in [1.54, 1.807) is 0 Å². The molecule has 36 heavy (non-hydrogen) atoms. The number of fused-ring (bicyclic) bond motifs is 1. The van der Waals surface area contributed by atoms with Crippen molar-refractivity contribution in [2.75, 3.05) is 19.7 Å². The van der Waals surface area contributed by atoms with Gasteiger partial charge in [-0.25, -0.2) is 0 Å². The van der Waals surface area contributed by atoms with Crippen LogP contribution in [-0.2, 0) is 0 Å². The van der Waals surface area contributed by atoms with Gasteiger partial charge in [-0.2, -0.15) is 0 Å². The van der Waals surface area contributed by atoms with E-state index in [9.17, 15) is 4.79 Å². The minimum absolute atomic E-state index is 0.0653. The summed E-state index contributed by atoms with van der Waals surface area (Å²) in [6, 6.07) is 27.5. The molecule has 0 bridgehead atoms. The molecule has 1 amide bonds. The van der Waals surface area contributed by atoms with Crippen LogP contribution in [0.25, 0.3) is 10.9 Å². The van der Waals surface area contributed by atoms with Crippen molar-refractivity contribution in [3.05, 3.63) is 101 Å². The smallest absolute Gasteiger partial charge is 0.268 e. The van der Waals surface area contributed by atoms with E-state index in [2.05, 4.69) is 77.1 Å². The Morgan fingerprint density at radius 3 is 2.50 bits per heavy atom. The Morgan fingerprint density at radius 2 is 1.75 bits per heavy atom. The molecule has 3 N–H and O–H groups in total. The standard InChI is InChI=1S/C31H35N3O2/c1-2-19-33-31(35)30-29(26-12-6-7-13-27(26)34-30)28(22-9-4-3-5-10-22)23-14-16-25(17-15-23)36-21-18-24-11-8-20-32-24/h3-7,9-10,12-17,24,28,32,34H,2,8,11,18-21H2,1H3,(H,33,35).